The summed E-state index contributed by atoms with van der Waals surface area (Å²) in [4.78, 5) is 15.1. The number of carboxylic acids is 1. The van der Waals surface area contributed by atoms with Crippen LogP contribution in [0.1, 0.15) is 25.3 Å². The van der Waals surface area contributed by atoms with Gasteiger partial charge in [0.25, 0.3) is 0 Å². The summed E-state index contributed by atoms with van der Waals surface area (Å²) in [6.45, 7) is 3.97. The highest BCUT2D eigenvalue weighted by Gasteiger charge is 2.62. The zero-order valence-electron chi connectivity index (χ0n) is 8.57. The zero-order valence-corrected chi connectivity index (χ0v) is 10.2. The van der Waals surface area contributed by atoms with Crippen LogP contribution >= 0.6 is 15.9 Å². The molecule has 3 nitrogen and oxygen atoms in total. The van der Waals surface area contributed by atoms with Gasteiger partial charge in [-0.15, -0.1) is 0 Å². The average molecular weight is 270 g/mol. The molecule has 0 amide bonds. The van der Waals surface area contributed by atoms with Crippen molar-refractivity contribution in [3.63, 3.8) is 0 Å². The predicted molar refractivity (Wildman–Crippen MR) is 59.6 cm³/mol. The largest absolute Gasteiger partial charge is 0.481 e. The monoisotopic (exact) mass is 269 g/mol. The SMILES string of the molecule is CC1(C)[C@H](C(=O)O)[C@H]1c1ccc(Br)nc1. The van der Waals surface area contributed by atoms with Crippen molar-refractivity contribution in [1.82, 2.24) is 4.98 Å². The van der Waals surface area contributed by atoms with Crippen LogP contribution in [0, 0.1) is 11.3 Å². The summed E-state index contributed by atoms with van der Waals surface area (Å²) in [6.07, 6.45) is 1.75. The van der Waals surface area contributed by atoms with Gasteiger partial charge < -0.3 is 5.11 Å². The third-order valence-corrected chi connectivity index (χ3v) is 3.67. The Bertz CT molecular complexity index is 400. The molecular formula is C11H12BrNO2. The van der Waals surface area contributed by atoms with Crippen LogP contribution in [0.4, 0.5) is 0 Å². The van der Waals surface area contributed by atoms with E-state index in [1.54, 1.807) is 6.20 Å². The number of nitrogens with zero attached hydrogens (tertiary/aromatic N) is 1. The summed E-state index contributed by atoms with van der Waals surface area (Å²) in [6, 6.07) is 3.79. The minimum Gasteiger partial charge on any atom is -0.481 e. The van der Waals surface area contributed by atoms with E-state index in [9.17, 15) is 4.79 Å². The molecule has 15 heavy (non-hydrogen) atoms. The van der Waals surface area contributed by atoms with E-state index in [0.29, 0.717) is 0 Å². The number of carbonyl (C=O) groups is 1. The van der Waals surface area contributed by atoms with Crippen LogP contribution in [0.3, 0.4) is 0 Å². The van der Waals surface area contributed by atoms with Crippen molar-refractivity contribution in [2.75, 3.05) is 0 Å². The highest BCUT2D eigenvalue weighted by molar-refractivity contribution is 9.10. The first-order valence-electron chi connectivity index (χ1n) is 4.79. The van der Waals surface area contributed by atoms with Gasteiger partial charge in [0, 0.05) is 12.1 Å². The highest BCUT2D eigenvalue weighted by Crippen LogP contribution is 2.64. The van der Waals surface area contributed by atoms with Crippen LogP contribution < -0.4 is 0 Å². The Morgan fingerprint density at radius 1 is 1.53 bits per heavy atom. The number of aromatic nitrogens is 1. The lowest BCUT2D eigenvalue weighted by Crippen LogP contribution is -2.03. The molecule has 1 aromatic rings. The molecule has 1 fully saturated rings. The molecule has 2 rings (SSSR count). The van der Waals surface area contributed by atoms with Crippen LogP contribution in [0.15, 0.2) is 22.9 Å². The van der Waals surface area contributed by atoms with Crippen molar-refractivity contribution in [3.8, 4) is 0 Å². The fourth-order valence-electron chi connectivity index (χ4n) is 2.29. The van der Waals surface area contributed by atoms with Gasteiger partial charge in [0.2, 0.25) is 0 Å². The Labute approximate surface area is 96.7 Å². The first-order chi connectivity index (χ1) is 6.94. The normalized spacial score (nSPS) is 27.4. The van der Waals surface area contributed by atoms with E-state index in [2.05, 4.69) is 20.9 Å². The molecule has 1 saturated carbocycles. The van der Waals surface area contributed by atoms with E-state index in [-0.39, 0.29) is 17.3 Å². The lowest BCUT2D eigenvalue weighted by Gasteiger charge is -2.01. The summed E-state index contributed by atoms with van der Waals surface area (Å²) in [5.41, 5.74) is 0.858. The highest BCUT2D eigenvalue weighted by atomic mass is 79.9. The van der Waals surface area contributed by atoms with Gasteiger partial charge >= 0.3 is 5.97 Å². The molecule has 0 unspecified atom stereocenters. The first kappa shape index (κ1) is 10.6. The molecule has 0 bridgehead atoms. The van der Waals surface area contributed by atoms with Crippen LogP contribution in [0.2, 0.25) is 0 Å². The van der Waals surface area contributed by atoms with Crippen molar-refractivity contribution in [1.29, 1.82) is 0 Å². The molecule has 0 aliphatic heterocycles. The van der Waals surface area contributed by atoms with Gasteiger partial charge in [-0.25, -0.2) is 4.98 Å². The molecule has 1 aromatic heterocycles. The molecule has 1 N–H and O–H groups in total. The number of halogens is 1. The van der Waals surface area contributed by atoms with E-state index in [1.165, 1.54) is 0 Å². The minimum absolute atomic E-state index is 0.0931. The lowest BCUT2D eigenvalue weighted by atomic mass is 10.1. The van der Waals surface area contributed by atoms with E-state index >= 15 is 0 Å². The van der Waals surface area contributed by atoms with Crippen molar-refractivity contribution in [2.24, 2.45) is 11.3 Å². The van der Waals surface area contributed by atoms with Gasteiger partial charge in [0.1, 0.15) is 4.60 Å². The van der Waals surface area contributed by atoms with Crippen molar-refractivity contribution >= 4 is 21.9 Å². The Morgan fingerprint density at radius 2 is 2.20 bits per heavy atom. The maximum absolute atomic E-state index is 11.0. The lowest BCUT2D eigenvalue weighted by molar-refractivity contribution is -0.139. The predicted octanol–water partition coefficient (Wildman–Crippen LogP) is 2.67. The topological polar surface area (TPSA) is 50.2 Å². The van der Waals surface area contributed by atoms with Gasteiger partial charge in [0.15, 0.2) is 0 Å². The number of hydrogen-bond donors (Lipinski definition) is 1. The molecule has 4 heteroatoms. The number of hydrogen-bond acceptors (Lipinski definition) is 2. The van der Waals surface area contributed by atoms with E-state index < -0.39 is 5.97 Å². The Kier molecular flexibility index (Phi) is 2.34. The number of carboxylic acid groups (broad SMARTS) is 1. The molecule has 0 radical (unpaired) electrons. The number of pyridine rings is 1. The number of rotatable bonds is 2. The molecule has 0 aromatic carbocycles. The van der Waals surface area contributed by atoms with Crippen molar-refractivity contribution < 1.29 is 9.90 Å². The summed E-state index contributed by atoms with van der Waals surface area (Å²) in [5, 5.41) is 9.05. The van der Waals surface area contributed by atoms with Crippen LogP contribution in [0.25, 0.3) is 0 Å². The molecule has 1 aliphatic carbocycles. The third kappa shape index (κ3) is 1.67. The molecule has 0 spiro atoms. The van der Waals surface area contributed by atoms with Crippen LogP contribution in [0.5, 0.6) is 0 Å². The van der Waals surface area contributed by atoms with Gasteiger partial charge in [-0.05, 0) is 33.0 Å². The van der Waals surface area contributed by atoms with E-state index in [0.717, 1.165) is 10.2 Å². The van der Waals surface area contributed by atoms with Gasteiger partial charge in [0.05, 0.1) is 5.92 Å². The van der Waals surface area contributed by atoms with Crippen molar-refractivity contribution in [3.05, 3.63) is 28.5 Å². The zero-order chi connectivity index (χ0) is 11.2. The molecule has 1 aliphatic rings. The molecule has 1 heterocycles. The molecular weight excluding hydrogens is 258 g/mol. The summed E-state index contributed by atoms with van der Waals surface area (Å²) in [5.74, 6) is -0.899. The maximum atomic E-state index is 11.0. The Hall–Kier alpha value is -0.900. The van der Waals surface area contributed by atoms with E-state index in [1.807, 2.05) is 26.0 Å². The second-order valence-corrected chi connectivity index (χ2v) is 5.34. The third-order valence-electron chi connectivity index (χ3n) is 3.20. The summed E-state index contributed by atoms with van der Waals surface area (Å²) < 4.78 is 0.775. The standard InChI is InChI=1S/C11H12BrNO2/c1-11(2)8(9(11)10(14)15)6-3-4-7(12)13-5-6/h3-5,8-9H,1-2H3,(H,14,15)/t8-,9+/m1/s1. The Morgan fingerprint density at radius 3 is 2.60 bits per heavy atom. The van der Waals surface area contributed by atoms with Crippen molar-refractivity contribution in [2.45, 2.75) is 19.8 Å². The van der Waals surface area contributed by atoms with Crippen LogP contribution in [-0.2, 0) is 4.79 Å². The van der Waals surface area contributed by atoms with Gasteiger partial charge in [-0.1, -0.05) is 19.9 Å². The quantitative estimate of drug-likeness (QED) is 0.840. The summed E-state index contributed by atoms with van der Waals surface area (Å²) >= 11 is 3.26. The van der Waals surface area contributed by atoms with Gasteiger partial charge in [-0.2, -0.15) is 0 Å². The molecule has 0 saturated heterocycles. The Balaban J connectivity index is 2.27. The smallest absolute Gasteiger partial charge is 0.307 e. The molecule has 2 atom stereocenters. The fourth-order valence-corrected chi connectivity index (χ4v) is 2.53. The first-order valence-corrected chi connectivity index (χ1v) is 5.58. The fraction of sp³-hybridized carbons (Fsp3) is 0.455. The maximum Gasteiger partial charge on any atom is 0.307 e. The second-order valence-electron chi connectivity index (χ2n) is 4.53. The average Bonchev–Trinajstić information content (AvgIpc) is 2.70. The summed E-state index contributed by atoms with van der Waals surface area (Å²) in [7, 11) is 0. The van der Waals surface area contributed by atoms with Gasteiger partial charge in [-0.3, -0.25) is 4.79 Å². The molecule has 80 valence electrons. The minimum atomic E-state index is -0.715. The second kappa shape index (κ2) is 3.30. The number of aliphatic carboxylic acids is 1. The van der Waals surface area contributed by atoms with Crippen LogP contribution in [-0.4, -0.2) is 16.1 Å². The van der Waals surface area contributed by atoms with E-state index in [4.69, 9.17) is 5.11 Å².